The molecule has 0 saturated heterocycles. The summed E-state index contributed by atoms with van der Waals surface area (Å²) in [6.45, 7) is 4.28. The van der Waals surface area contributed by atoms with E-state index in [9.17, 15) is 0 Å². The number of aryl methyl sites for hydroxylation is 1. The number of hydrogen-bond donors (Lipinski definition) is 1. The fourth-order valence-corrected chi connectivity index (χ4v) is 3.00. The summed E-state index contributed by atoms with van der Waals surface area (Å²) >= 11 is 1.75. The van der Waals surface area contributed by atoms with E-state index < -0.39 is 0 Å². The Kier molecular flexibility index (Phi) is 5.26. The van der Waals surface area contributed by atoms with E-state index in [1.54, 1.807) is 23.9 Å². The number of imidazole rings is 1. The van der Waals surface area contributed by atoms with Gasteiger partial charge in [0.25, 0.3) is 0 Å². The second-order valence-corrected chi connectivity index (χ2v) is 6.27. The highest BCUT2D eigenvalue weighted by atomic mass is 32.1. The van der Waals surface area contributed by atoms with Gasteiger partial charge >= 0.3 is 0 Å². The number of benzene rings is 1. The zero-order valence-corrected chi connectivity index (χ0v) is 13.9. The van der Waals surface area contributed by atoms with Gasteiger partial charge in [-0.2, -0.15) is 0 Å². The van der Waals surface area contributed by atoms with Crippen molar-refractivity contribution >= 4 is 17.0 Å². The van der Waals surface area contributed by atoms with E-state index in [-0.39, 0.29) is 0 Å². The van der Waals surface area contributed by atoms with Crippen molar-refractivity contribution in [2.75, 3.05) is 11.9 Å². The molecule has 0 aliphatic heterocycles. The van der Waals surface area contributed by atoms with Gasteiger partial charge < -0.3 is 14.6 Å². The van der Waals surface area contributed by atoms with Gasteiger partial charge in [-0.15, -0.1) is 11.3 Å². The van der Waals surface area contributed by atoms with E-state index >= 15 is 0 Å². The van der Waals surface area contributed by atoms with Crippen molar-refractivity contribution in [3.8, 4) is 5.75 Å². The van der Waals surface area contributed by atoms with Gasteiger partial charge in [-0.1, -0.05) is 19.1 Å². The number of rotatable bonds is 8. The molecule has 1 aromatic carbocycles. The number of hydrogen-bond acceptors (Lipinski definition) is 5. The molecule has 6 heteroatoms. The Morgan fingerprint density at radius 2 is 2.22 bits per heavy atom. The van der Waals surface area contributed by atoms with Gasteiger partial charge in [-0.3, -0.25) is 0 Å². The summed E-state index contributed by atoms with van der Waals surface area (Å²) in [4.78, 5) is 9.65. The first-order valence-corrected chi connectivity index (χ1v) is 8.52. The lowest BCUT2D eigenvalue weighted by molar-refractivity contribution is 0.299. The van der Waals surface area contributed by atoms with Crippen LogP contribution in [0.2, 0.25) is 0 Å². The van der Waals surface area contributed by atoms with Crippen LogP contribution in [0.5, 0.6) is 5.75 Å². The van der Waals surface area contributed by atoms with Crippen molar-refractivity contribution in [1.82, 2.24) is 14.5 Å². The summed E-state index contributed by atoms with van der Waals surface area (Å²) in [5.41, 5.74) is 1.00. The molecule has 2 heterocycles. The maximum absolute atomic E-state index is 5.90. The number of ether oxygens (including phenoxy) is 1. The molecule has 0 fully saturated rings. The van der Waals surface area contributed by atoms with E-state index in [4.69, 9.17) is 4.74 Å². The molecule has 1 N–H and O–H groups in total. The third kappa shape index (κ3) is 4.32. The predicted octanol–water partition coefficient (Wildman–Crippen LogP) is 3.59. The molecule has 3 aromatic rings. The second kappa shape index (κ2) is 7.78. The third-order valence-corrected chi connectivity index (χ3v) is 4.55. The van der Waals surface area contributed by atoms with Crippen LogP contribution in [0.4, 0.5) is 5.69 Å². The summed E-state index contributed by atoms with van der Waals surface area (Å²) in [5, 5.41) is 4.61. The van der Waals surface area contributed by atoms with Crippen molar-refractivity contribution < 1.29 is 4.74 Å². The van der Waals surface area contributed by atoms with Gasteiger partial charge in [0.1, 0.15) is 12.4 Å². The molecule has 0 atom stereocenters. The zero-order valence-electron chi connectivity index (χ0n) is 13.1. The van der Waals surface area contributed by atoms with E-state index in [2.05, 4.69) is 22.2 Å². The largest absolute Gasteiger partial charge is 0.490 e. The normalized spacial score (nSPS) is 10.7. The molecule has 0 bridgehead atoms. The lowest BCUT2D eigenvalue weighted by atomic mass is 10.3. The Balaban J connectivity index is 1.56. The summed E-state index contributed by atoms with van der Waals surface area (Å²) in [6.07, 6.45) is 8.43. The summed E-state index contributed by atoms with van der Waals surface area (Å²) in [7, 11) is 0. The third-order valence-electron chi connectivity index (χ3n) is 3.41. The first-order chi connectivity index (χ1) is 11.3. The molecule has 2 aromatic heterocycles. The lowest BCUT2D eigenvalue weighted by Gasteiger charge is -2.12. The van der Waals surface area contributed by atoms with Gasteiger partial charge in [0.2, 0.25) is 0 Å². The zero-order chi connectivity index (χ0) is 15.9. The van der Waals surface area contributed by atoms with Crippen molar-refractivity contribution in [3.05, 3.63) is 59.1 Å². The first-order valence-electron chi connectivity index (χ1n) is 7.70. The Bertz CT molecular complexity index is 724. The molecule has 0 aliphatic carbocycles. The average molecular weight is 328 g/mol. The first kappa shape index (κ1) is 15.6. The molecule has 0 amide bonds. The van der Waals surface area contributed by atoms with E-state index in [0.717, 1.165) is 30.9 Å². The molecule has 23 heavy (non-hydrogen) atoms. The van der Waals surface area contributed by atoms with E-state index in [1.807, 2.05) is 41.2 Å². The van der Waals surface area contributed by atoms with Crippen LogP contribution in [0.1, 0.15) is 16.8 Å². The smallest absolute Gasteiger partial charge is 0.142 e. The summed E-state index contributed by atoms with van der Waals surface area (Å²) < 4.78 is 7.90. The van der Waals surface area contributed by atoms with E-state index in [0.29, 0.717) is 6.61 Å². The van der Waals surface area contributed by atoms with E-state index in [1.165, 1.54) is 9.88 Å². The molecule has 0 aliphatic rings. The predicted molar refractivity (Wildman–Crippen MR) is 93.0 cm³/mol. The van der Waals surface area contributed by atoms with Crippen LogP contribution in [-0.2, 0) is 19.5 Å². The Hall–Kier alpha value is -2.34. The minimum Gasteiger partial charge on any atom is -0.490 e. The average Bonchev–Trinajstić information content (AvgIpc) is 3.25. The fourth-order valence-electron chi connectivity index (χ4n) is 2.19. The summed E-state index contributed by atoms with van der Waals surface area (Å²) in [6, 6.07) is 8.02. The van der Waals surface area contributed by atoms with Gasteiger partial charge in [0, 0.05) is 23.5 Å². The number of aromatic nitrogens is 3. The maximum atomic E-state index is 5.90. The van der Waals surface area contributed by atoms with Gasteiger partial charge in [-0.25, -0.2) is 9.97 Å². The molecule has 0 spiro atoms. The molecule has 5 nitrogen and oxygen atoms in total. The monoisotopic (exact) mass is 328 g/mol. The highest BCUT2D eigenvalue weighted by molar-refractivity contribution is 7.11. The molecule has 0 unspecified atom stereocenters. The van der Waals surface area contributed by atoms with Crippen molar-refractivity contribution in [2.24, 2.45) is 0 Å². The number of nitrogens with zero attached hydrogens (tertiary/aromatic N) is 3. The van der Waals surface area contributed by atoms with Crippen LogP contribution in [0, 0.1) is 0 Å². The van der Waals surface area contributed by atoms with Crippen LogP contribution in [0.3, 0.4) is 0 Å². The van der Waals surface area contributed by atoms with Crippen LogP contribution >= 0.6 is 11.3 Å². The Labute approximate surface area is 140 Å². The van der Waals surface area contributed by atoms with Crippen LogP contribution in [-0.4, -0.2) is 21.1 Å². The van der Waals surface area contributed by atoms with Gasteiger partial charge in [0.05, 0.1) is 30.1 Å². The lowest BCUT2D eigenvalue weighted by Crippen LogP contribution is -2.08. The van der Waals surface area contributed by atoms with Gasteiger partial charge in [0.15, 0.2) is 0 Å². The minimum atomic E-state index is 0.607. The molecule has 0 radical (unpaired) electrons. The Morgan fingerprint density at radius 1 is 1.30 bits per heavy atom. The van der Waals surface area contributed by atoms with Crippen molar-refractivity contribution in [3.63, 3.8) is 0 Å². The highest BCUT2D eigenvalue weighted by Gasteiger charge is 2.05. The quantitative estimate of drug-likeness (QED) is 0.686. The molecular weight excluding hydrogens is 308 g/mol. The van der Waals surface area contributed by atoms with Crippen LogP contribution in [0.25, 0.3) is 0 Å². The number of thiazole rings is 1. The minimum absolute atomic E-state index is 0.607. The van der Waals surface area contributed by atoms with Crippen molar-refractivity contribution in [1.29, 1.82) is 0 Å². The SMILES string of the molecule is CCc1ncc(CNc2ccccc2OCCn2ccnc2)s1. The number of para-hydroxylation sites is 2. The fraction of sp³-hybridized carbons (Fsp3) is 0.294. The number of anilines is 1. The Morgan fingerprint density at radius 3 is 3.00 bits per heavy atom. The topological polar surface area (TPSA) is 52.0 Å². The molecular formula is C17H20N4OS. The number of nitrogens with one attached hydrogen (secondary N) is 1. The molecule has 0 saturated carbocycles. The maximum Gasteiger partial charge on any atom is 0.142 e. The van der Waals surface area contributed by atoms with Crippen LogP contribution in [0.15, 0.2) is 49.2 Å². The summed E-state index contributed by atoms with van der Waals surface area (Å²) in [5.74, 6) is 0.868. The standard InChI is InChI=1S/C17H20N4OS/c1-2-17-20-12-14(23-17)11-19-15-5-3-4-6-16(15)22-10-9-21-8-7-18-13-21/h3-8,12-13,19H,2,9-11H2,1H3. The highest BCUT2D eigenvalue weighted by Crippen LogP contribution is 2.25. The van der Waals surface area contributed by atoms with Crippen molar-refractivity contribution in [2.45, 2.75) is 26.4 Å². The molecule has 3 rings (SSSR count). The van der Waals surface area contributed by atoms with Gasteiger partial charge in [-0.05, 0) is 18.6 Å². The van der Waals surface area contributed by atoms with Crippen LogP contribution < -0.4 is 10.1 Å². The molecule has 120 valence electrons. The second-order valence-electron chi connectivity index (χ2n) is 5.07.